The first kappa shape index (κ1) is 22.2. The zero-order chi connectivity index (χ0) is 25.4. The van der Waals surface area contributed by atoms with E-state index in [-0.39, 0.29) is 16.9 Å². The van der Waals surface area contributed by atoms with Gasteiger partial charge in [0.1, 0.15) is 11.6 Å². The Kier molecular flexibility index (Phi) is 5.35. The molecule has 0 aliphatic heterocycles. The summed E-state index contributed by atoms with van der Waals surface area (Å²) >= 11 is 0. The zero-order valence-electron chi connectivity index (χ0n) is 18.5. The Balaban J connectivity index is 1.89. The lowest BCUT2D eigenvalue weighted by Crippen LogP contribution is -1.91. The number of halogens is 2. The van der Waals surface area contributed by atoms with Gasteiger partial charge in [-0.25, -0.2) is 23.7 Å². The van der Waals surface area contributed by atoms with E-state index in [9.17, 15) is 19.3 Å². The summed E-state index contributed by atoms with van der Waals surface area (Å²) in [6.45, 7) is 15.3. The van der Waals surface area contributed by atoms with Crippen LogP contribution < -0.4 is 0 Å². The summed E-state index contributed by atoms with van der Waals surface area (Å²) in [4.78, 5) is 7.01. The predicted octanol–water partition coefficient (Wildman–Crippen LogP) is 7.90. The number of benzene rings is 4. The van der Waals surface area contributed by atoms with Gasteiger partial charge in [0.25, 0.3) is 5.70 Å². The fourth-order valence-electron chi connectivity index (χ4n) is 4.55. The minimum Gasteiger partial charge on any atom is -0.237 e. The first-order valence-corrected chi connectivity index (χ1v) is 10.7. The van der Waals surface area contributed by atoms with Crippen LogP contribution in [0.1, 0.15) is 16.7 Å². The molecule has 4 aromatic carbocycles. The third kappa shape index (κ3) is 3.48. The highest BCUT2D eigenvalue weighted by Gasteiger charge is 2.30. The fraction of sp³-hybridized carbons (Fsp3) is 0. The SMILES string of the molecule is [C-]#[N+]/C(C#N)=C1/c2cc(C#N)c(-c3cccc(F)c3)cc2-c2cc(-c3cccc(F)c3)c([N+]#[C-])cc21. The van der Waals surface area contributed by atoms with Gasteiger partial charge in [-0.15, -0.1) is 0 Å². The van der Waals surface area contributed by atoms with Gasteiger partial charge in [-0.3, -0.25) is 0 Å². The second-order valence-corrected chi connectivity index (χ2v) is 8.05. The monoisotopic (exact) mass is 466 g/mol. The molecule has 36 heavy (non-hydrogen) atoms. The number of fused-ring (bicyclic) bond motifs is 3. The number of hydrogen-bond acceptors (Lipinski definition) is 2. The Bertz CT molecular complexity index is 1670. The van der Waals surface area contributed by atoms with Crippen molar-refractivity contribution in [3.05, 3.63) is 130 Å². The summed E-state index contributed by atoms with van der Waals surface area (Å²) < 4.78 is 28.0. The molecule has 4 nitrogen and oxygen atoms in total. The van der Waals surface area contributed by atoms with Crippen LogP contribution in [-0.4, -0.2) is 0 Å². The van der Waals surface area contributed by atoms with E-state index in [1.165, 1.54) is 24.3 Å². The van der Waals surface area contributed by atoms with Gasteiger partial charge in [-0.2, -0.15) is 5.26 Å². The Morgan fingerprint density at radius 2 is 1.28 bits per heavy atom. The number of nitriles is 2. The van der Waals surface area contributed by atoms with Crippen molar-refractivity contribution < 1.29 is 8.78 Å². The highest BCUT2D eigenvalue weighted by molar-refractivity contribution is 6.07. The molecule has 5 rings (SSSR count). The molecule has 0 bridgehead atoms. The second kappa shape index (κ2) is 8.66. The van der Waals surface area contributed by atoms with Gasteiger partial charge in [0.05, 0.1) is 30.8 Å². The van der Waals surface area contributed by atoms with Gasteiger partial charge in [0.15, 0.2) is 5.69 Å². The summed E-state index contributed by atoms with van der Waals surface area (Å²) in [7, 11) is 0. The van der Waals surface area contributed by atoms with Gasteiger partial charge >= 0.3 is 0 Å². The van der Waals surface area contributed by atoms with Gasteiger partial charge in [-0.05, 0) is 81.4 Å². The molecule has 0 unspecified atom stereocenters. The summed E-state index contributed by atoms with van der Waals surface area (Å²) in [6.07, 6.45) is 0. The van der Waals surface area contributed by atoms with Gasteiger partial charge in [0, 0.05) is 11.1 Å². The maximum atomic E-state index is 14.0. The largest absolute Gasteiger partial charge is 0.270 e. The second-order valence-electron chi connectivity index (χ2n) is 8.05. The van der Waals surface area contributed by atoms with Crippen molar-refractivity contribution in [2.75, 3.05) is 0 Å². The van der Waals surface area contributed by atoms with E-state index in [2.05, 4.69) is 15.8 Å². The van der Waals surface area contributed by atoms with Crippen molar-refractivity contribution in [2.24, 2.45) is 0 Å². The van der Waals surface area contributed by atoms with Crippen LogP contribution in [0.2, 0.25) is 0 Å². The summed E-state index contributed by atoms with van der Waals surface area (Å²) in [5.41, 5.74) is 4.90. The predicted molar refractivity (Wildman–Crippen MR) is 132 cm³/mol. The average molecular weight is 466 g/mol. The first-order chi connectivity index (χ1) is 17.5. The molecular weight excluding hydrogens is 454 g/mol. The van der Waals surface area contributed by atoms with Crippen LogP contribution in [0.3, 0.4) is 0 Å². The molecule has 0 saturated carbocycles. The van der Waals surface area contributed by atoms with Crippen LogP contribution in [-0.2, 0) is 0 Å². The lowest BCUT2D eigenvalue weighted by Gasteiger charge is -2.11. The lowest BCUT2D eigenvalue weighted by atomic mass is 9.92. The van der Waals surface area contributed by atoms with Crippen molar-refractivity contribution >= 4 is 11.3 Å². The molecule has 4 aromatic rings. The summed E-state index contributed by atoms with van der Waals surface area (Å²) in [5.74, 6) is -0.899. The van der Waals surface area contributed by atoms with E-state index in [1.54, 1.807) is 48.5 Å². The molecule has 0 N–H and O–H groups in total. The number of hydrogen-bond donors (Lipinski definition) is 0. The van der Waals surface area contributed by atoms with E-state index >= 15 is 0 Å². The fourth-order valence-corrected chi connectivity index (χ4v) is 4.55. The van der Waals surface area contributed by atoms with Gasteiger partial charge in [-0.1, -0.05) is 30.3 Å². The Labute approximate surface area is 205 Å². The molecule has 0 amide bonds. The van der Waals surface area contributed by atoms with E-state index < -0.39 is 11.6 Å². The highest BCUT2D eigenvalue weighted by Crippen LogP contribution is 2.51. The molecule has 1 aliphatic carbocycles. The number of rotatable bonds is 2. The highest BCUT2D eigenvalue weighted by atomic mass is 19.1. The summed E-state index contributed by atoms with van der Waals surface area (Å²) in [6, 6.07) is 22.5. The van der Waals surface area contributed by atoms with Crippen LogP contribution in [0.5, 0.6) is 0 Å². The minimum atomic E-state index is -0.451. The van der Waals surface area contributed by atoms with Crippen LogP contribution in [0.15, 0.2) is 78.5 Å². The van der Waals surface area contributed by atoms with Gasteiger partial charge < -0.3 is 0 Å². The topological polar surface area (TPSA) is 56.3 Å². The van der Waals surface area contributed by atoms with E-state index in [1.807, 2.05) is 6.07 Å². The van der Waals surface area contributed by atoms with Crippen LogP contribution >= 0.6 is 0 Å². The molecule has 0 aromatic heterocycles. The summed E-state index contributed by atoms with van der Waals surface area (Å²) in [5, 5.41) is 19.6. The number of nitrogens with zero attached hydrogens (tertiary/aromatic N) is 4. The maximum absolute atomic E-state index is 14.0. The van der Waals surface area contributed by atoms with E-state index in [4.69, 9.17) is 13.1 Å². The Hall–Kier alpha value is -5.56. The zero-order valence-corrected chi connectivity index (χ0v) is 18.5. The molecule has 0 spiro atoms. The van der Waals surface area contributed by atoms with Gasteiger partial charge in [0.2, 0.25) is 0 Å². The smallest absolute Gasteiger partial charge is 0.237 e. The Morgan fingerprint density at radius 1 is 0.694 bits per heavy atom. The van der Waals surface area contributed by atoms with Crippen molar-refractivity contribution in [3.63, 3.8) is 0 Å². The van der Waals surface area contributed by atoms with E-state index in [0.717, 1.165) is 0 Å². The standard InChI is InChI=1S/C30H12F2N4/c1-35-28-14-27-25(13-23(28)18-6-4-8-21(32)10-18)24-12-22(17-5-3-7-20(31)9-17)19(15-33)11-26(24)30(27)29(16-34)36-2/h3-14H/b30-29-. The maximum Gasteiger partial charge on any atom is 0.270 e. The third-order valence-electron chi connectivity index (χ3n) is 6.09. The van der Waals surface area contributed by atoms with Crippen LogP contribution in [0.25, 0.3) is 48.6 Å². The minimum absolute atomic E-state index is 0.174. The molecule has 0 radical (unpaired) electrons. The molecule has 166 valence electrons. The average Bonchev–Trinajstić information content (AvgIpc) is 3.20. The molecule has 0 heterocycles. The Morgan fingerprint density at radius 3 is 1.81 bits per heavy atom. The van der Waals surface area contributed by atoms with Crippen LogP contribution in [0.4, 0.5) is 14.5 Å². The van der Waals surface area contributed by atoms with Crippen molar-refractivity contribution in [1.82, 2.24) is 0 Å². The van der Waals surface area contributed by atoms with Crippen molar-refractivity contribution in [3.8, 4) is 45.5 Å². The molecular formula is C30H12F2N4. The van der Waals surface area contributed by atoms with Crippen molar-refractivity contribution in [2.45, 2.75) is 0 Å². The molecule has 0 atom stereocenters. The molecule has 0 saturated heterocycles. The lowest BCUT2D eigenvalue weighted by molar-refractivity contribution is 0.628. The third-order valence-corrected chi connectivity index (χ3v) is 6.09. The quantitative estimate of drug-likeness (QED) is 0.196. The molecule has 1 aliphatic rings. The normalized spacial score (nSPS) is 12.4. The molecule has 6 heteroatoms. The van der Waals surface area contributed by atoms with Crippen molar-refractivity contribution in [1.29, 1.82) is 10.5 Å². The number of allylic oxidation sites excluding steroid dienone is 1. The van der Waals surface area contributed by atoms with E-state index in [0.29, 0.717) is 50.1 Å². The first-order valence-electron chi connectivity index (χ1n) is 10.7. The van der Waals surface area contributed by atoms with Crippen LogP contribution in [0, 0.1) is 47.4 Å². The molecule has 0 fully saturated rings.